The molecule has 38 heavy (non-hydrogen) atoms. The number of nitrogens with zero attached hydrogens (tertiary/aromatic N) is 2. The summed E-state index contributed by atoms with van der Waals surface area (Å²) < 4.78 is 3.82. The SMILES string of the molecule is CC1(C)CCC(C)(C)c2cc3c(cc21)C1=CC2CCC([Si](C)(C)N(C(C)(C)C)[N+](C)(C)C)C2C=C1C3(C)C. The highest BCUT2D eigenvalue weighted by Gasteiger charge is 2.56. The Balaban J connectivity index is 1.61. The molecule has 1 aromatic rings. The maximum atomic E-state index is 2.90. The van der Waals surface area contributed by atoms with Crippen LogP contribution in [0.15, 0.2) is 29.9 Å². The molecule has 1 saturated carbocycles. The summed E-state index contributed by atoms with van der Waals surface area (Å²) in [5.74, 6) is 1.35. The first kappa shape index (κ1) is 28.4. The molecule has 4 aliphatic carbocycles. The molecule has 3 heteroatoms. The van der Waals surface area contributed by atoms with Crippen molar-refractivity contribution >= 4 is 13.8 Å². The third-order valence-electron chi connectivity index (χ3n) is 11.1. The van der Waals surface area contributed by atoms with E-state index >= 15 is 0 Å². The van der Waals surface area contributed by atoms with Gasteiger partial charge in [0.25, 0.3) is 0 Å². The summed E-state index contributed by atoms with van der Waals surface area (Å²) in [5, 5.41) is 0. The average molecular weight is 534 g/mol. The summed E-state index contributed by atoms with van der Waals surface area (Å²) in [6.07, 6.45) is 10.8. The first-order valence-corrected chi connectivity index (χ1v) is 18.4. The highest BCUT2D eigenvalue weighted by atomic mass is 28.3. The van der Waals surface area contributed by atoms with E-state index in [-0.39, 0.29) is 21.8 Å². The third-order valence-corrected chi connectivity index (χ3v) is 16.0. The summed E-state index contributed by atoms with van der Waals surface area (Å²) in [4.78, 5) is 0. The molecule has 0 aromatic heterocycles. The third kappa shape index (κ3) is 4.08. The minimum atomic E-state index is -1.78. The zero-order chi connectivity index (χ0) is 28.4. The number of fused-ring (bicyclic) bond motifs is 5. The molecule has 0 bridgehead atoms. The van der Waals surface area contributed by atoms with Gasteiger partial charge in [-0.25, -0.2) is 0 Å². The molecule has 4 aliphatic rings. The van der Waals surface area contributed by atoms with Crippen molar-refractivity contribution in [3.8, 4) is 0 Å². The molecule has 0 heterocycles. The topological polar surface area (TPSA) is 3.24 Å². The smallest absolute Gasteiger partial charge is 0.191 e. The zero-order valence-electron chi connectivity index (χ0n) is 27.3. The van der Waals surface area contributed by atoms with Crippen LogP contribution < -0.4 is 0 Å². The van der Waals surface area contributed by atoms with E-state index in [1.54, 1.807) is 33.4 Å². The molecule has 1 fully saturated rings. The van der Waals surface area contributed by atoms with Crippen LogP contribution in [-0.4, -0.2) is 44.2 Å². The van der Waals surface area contributed by atoms with Crippen LogP contribution in [0.2, 0.25) is 18.6 Å². The fraction of sp³-hybridized carbons (Fsp3) is 0.714. The number of allylic oxidation sites excluding steroid dienone is 4. The van der Waals surface area contributed by atoms with Gasteiger partial charge < -0.3 is 0 Å². The van der Waals surface area contributed by atoms with Crippen molar-refractivity contribution in [2.24, 2.45) is 11.8 Å². The fourth-order valence-corrected chi connectivity index (χ4v) is 15.6. The van der Waals surface area contributed by atoms with Gasteiger partial charge in [-0.3, -0.25) is 4.59 Å². The number of rotatable bonds is 3. The van der Waals surface area contributed by atoms with E-state index in [9.17, 15) is 0 Å². The zero-order valence-corrected chi connectivity index (χ0v) is 28.3. The van der Waals surface area contributed by atoms with E-state index in [1.807, 2.05) is 0 Å². The van der Waals surface area contributed by atoms with Crippen molar-refractivity contribution in [3.63, 3.8) is 0 Å². The Hall–Kier alpha value is -1.16. The number of quaternary nitrogens is 1. The molecule has 0 radical (unpaired) electrons. The molecular weight excluding hydrogens is 476 g/mol. The minimum Gasteiger partial charge on any atom is -0.257 e. The van der Waals surface area contributed by atoms with Crippen LogP contribution in [0.1, 0.15) is 110 Å². The van der Waals surface area contributed by atoms with Gasteiger partial charge in [-0.2, -0.15) is 4.67 Å². The Morgan fingerprint density at radius 3 is 1.89 bits per heavy atom. The van der Waals surface area contributed by atoms with E-state index in [2.05, 4.69) is 126 Å². The van der Waals surface area contributed by atoms with Gasteiger partial charge in [-0.15, -0.1) is 0 Å². The van der Waals surface area contributed by atoms with Crippen molar-refractivity contribution < 1.29 is 4.59 Å². The molecule has 0 spiro atoms. The van der Waals surface area contributed by atoms with Crippen LogP contribution in [-0.2, 0) is 16.2 Å². The number of hydrogen-bond acceptors (Lipinski definition) is 1. The molecule has 1 aromatic carbocycles. The normalized spacial score (nSPS) is 29.3. The molecule has 210 valence electrons. The van der Waals surface area contributed by atoms with Crippen LogP contribution in [0.5, 0.6) is 0 Å². The summed E-state index contributed by atoms with van der Waals surface area (Å²) >= 11 is 0. The molecule has 0 amide bonds. The van der Waals surface area contributed by atoms with E-state index in [4.69, 9.17) is 0 Å². The second kappa shape index (κ2) is 8.20. The van der Waals surface area contributed by atoms with E-state index in [0.717, 1.165) is 10.1 Å². The highest BCUT2D eigenvalue weighted by Crippen LogP contribution is 2.61. The maximum Gasteiger partial charge on any atom is 0.191 e. The van der Waals surface area contributed by atoms with Crippen molar-refractivity contribution in [2.75, 3.05) is 21.1 Å². The van der Waals surface area contributed by atoms with Crippen molar-refractivity contribution in [3.05, 3.63) is 52.1 Å². The first-order chi connectivity index (χ1) is 17.1. The molecule has 3 atom stereocenters. The van der Waals surface area contributed by atoms with Gasteiger partial charge in [-0.1, -0.05) is 85.3 Å². The lowest BCUT2D eigenvalue weighted by Crippen LogP contribution is -2.71. The largest absolute Gasteiger partial charge is 0.257 e. The standard InChI is InChI=1S/C35H57N2Si/c1-32(2,3)36(37(10,11)12)38(13,14)31-16-15-23-19-25-26-21-29-30(34(6,7)18-17-33(29,4)5)22-28(26)35(8,9)27(25)20-24(23)31/h19-24,31H,15-18H2,1-14H3/q+1. The highest BCUT2D eigenvalue weighted by molar-refractivity contribution is 6.76. The van der Waals surface area contributed by atoms with Crippen LogP contribution in [0.3, 0.4) is 0 Å². The molecule has 0 saturated heterocycles. The Morgan fingerprint density at radius 1 is 0.816 bits per heavy atom. The molecular formula is C35H57N2Si+. The number of benzene rings is 1. The predicted octanol–water partition coefficient (Wildman–Crippen LogP) is 8.97. The van der Waals surface area contributed by atoms with Gasteiger partial charge in [0, 0.05) is 5.41 Å². The Kier molecular flexibility index (Phi) is 6.12. The molecule has 0 aliphatic heterocycles. The molecule has 5 rings (SSSR count). The van der Waals surface area contributed by atoms with Crippen LogP contribution >= 0.6 is 0 Å². The monoisotopic (exact) mass is 533 g/mol. The van der Waals surface area contributed by atoms with E-state index in [1.165, 1.54) is 25.7 Å². The van der Waals surface area contributed by atoms with Crippen molar-refractivity contribution in [2.45, 2.75) is 128 Å². The predicted molar refractivity (Wildman–Crippen MR) is 168 cm³/mol. The Labute approximate surface area is 236 Å². The van der Waals surface area contributed by atoms with E-state index < -0.39 is 8.24 Å². The van der Waals surface area contributed by atoms with Gasteiger partial charge >= 0.3 is 0 Å². The second-order valence-corrected chi connectivity index (χ2v) is 22.0. The quantitative estimate of drug-likeness (QED) is 0.213. The Morgan fingerprint density at radius 2 is 1.37 bits per heavy atom. The summed E-state index contributed by atoms with van der Waals surface area (Å²) in [6, 6.07) is 5.29. The van der Waals surface area contributed by atoms with Gasteiger partial charge in [0.2, 0.25) is 0 Å². The summed E-state index contributed by atoms with van der Waals surface area (Å²) in [7, 11) is 5.36. The fourth-order valence-electron chi connectivity index (χ4n) is 9.87. The molecule has 3 unspecified atom stereocenters. The van der Waals surface area contributed by atoms with Crippen molar-refractivity contribution in [1.82, 2.24) is 4.67 Å². The summed E-state index contributed by atoms with van der Waals surface area (Å²) in [5.41, 5.74) is 11.0. The Bertz CT molecular complexity index is 1200. The van der Waals surface area contributed by atoms with Crippen LogP contribution in [0.25, 0.3) is 5.57 Å². The minimum absolute atomic E-state index is 0.0709. The van der Waals surface area contributed by atoms with Crippen LogP contribution in [0.4, 0.5) is 0 Å². The average Bonchev–Trinajstić information content (AvgIpc) is 3.25. The molecule has 0 N–H and O–H groups in total. The van der Waals surface area contributed by atoms with E-state index in [0.29, 0.717) is 11.8 Å². The van der Waals surface area contributed by atoms with Gasteiger partial charge in [-0.05, 0) is 102 Å². The van der Waals surface area contributed by atoms with Gasteiger partial charge in [0.15, 0.2) is 8.24 Å². The number of hydrogen-bond donors (Lipinski definition) is 0. The lowest BCUT2D eigenvalue weighted by Gasteiger charge is -2.55. The van der Waals surface area contributed by atoms with Gasteiger partial charge in [0.05, 0.1) is 26.7 Å². The maximum absolute atomic E-state index is 2.90. The van der Waals surface area contributed by atoms with Crippen molar-refractivity contribution in [1.29, 1.82) is 0 Å². The first-order valence-electron chi connectivity index (χ1n) is 15.4. The van der Waals surface area contributed by atoms with Crippen LogP contribution in [0, 0.1) is 11.8 Å². The van der Waals surface area contributed by atoms with Gasteiger partial charge in [0.1, 0.15) is 0 Å². The molecule has 2 nitrogen and oxygen atoms in total. The lowest BCUT2D eigenvalue weighted by atomic mass is 9.62. The summed E-state index contributed by atoms with van der Waals surface area (Å²) in [6.45, 7) is 27.5. The second-order valence-electron chi connectivity index (χ2n) is 17.5. The lowest BCUT2D eigenvalue weighted by molar-refractivity contribution is -0.978.